The summed E-state index contributed by atoms with van der Waals surface area (Å²) < 4.78 is 0. The van der Waals surface area contributed by atoms with Crippen LogP contribution < -0.4 is 16.6 Å². The van der Waals surface area contributed by atoms with Crippen molar-refractivity contribution < 1.29 is 4.79 Å². The third-order valence-corrected chi connectivity index (χ3v) is 1.46. The van der Waals surface area contributed by atoms with Crippen LogP contribution >= 0.6 is 0 Å². The monoisotopic (exact) mass is 159 g/mol. The zero-order chi connectivity index (χ0) is 9.07. The highest BCUT2D eigenvalue weighted by Gasteiger charge is 2.26. The Morgan fingerprint density at radius 2 is 1.91 bits per heavy atom. The molecule has 0 aromatic rings. The zero-order valence-corrected chi connectivity index (χ0v) is 7.56. The normalized spacial score (nSPS) is 14.3. The van der Waals surface area contributed by atoms with E-state index in [0.717, 1.165) is 0 Å². The molecule has 1 unspecified atom stereocenters. The first-order valence-corrected chi connectivity index (χ1v) is 3.61. The van der Waals surface area contributed by atoms with Gasteiger partial charge in [-0.1, -0.05) is 20.8 Å². The van der Waals surface area contributed by atoms with Crippen molar-refractivity contribution in [1.82, 2.24) is 10.9 Å². The van der Waals surface area contributed by atoms with E-state index in [0.29, 0.717) is 0 Å². The van der Waals surface area contributed by atoms with Crippen molar-refractivity contribution in [3.63, 3.8) is 0 Å². The van der Waals surface area contributed by atoms with Crippen molar-refractivity contribution in [3.05, 3.63) is 0 Å². The minimum atomic E-state index is -0.477. The molecule has 4 nitrogen and oxygen atoms in total. The Kier molecular flexibility index (Phi) is 3.48. The summed E-state index contributed by atoms with van der Waals surface area (Å²) in [6, 6.07) is -0.477. The number of hydrogen-bond acceptors (Lipinski definition) is 3. The second kappa shape index (κ2) is 3.69. The van der Waals surface area contributed by atoms with Gasteiger partial charge in [0.25, 0.3) is 5.91 Å². The molecule has 1 atom stereocenters. The van der Waals surface area contributed by atoms with Crippen LogP contribution in [0, 0.1) is 5.41 Å². The van der Waals surface area contributed by atoms with Gasteiger partial charge < -0.3 is 5.73 Å². The standard InChI is InChI=1S/C7H17N3O/c1-7(2,3)5(8)6(11)10-9-4/h5,9H,8H2,1-4H3,(H,10,11). The molecule has 0 aromatic carbocycles. The van der Waals surface area contributed by atoms with Crippen molar-refractivity contribution in [2.45, 2.75) is 26.8 Å². The highest BCUT2D eigenvalue weighted by molar-refractivity contribution is 5.81. The number of amides is 1. The number of carbonyl (C=O) groups is 1. The van der Waals surface area contributed by atoms with Crippen LogP contribution in [0.3, 0.4) is 0 Å². The van der Waals surface area contributed by atoms with Crippen LogP contribution in [0.1, 0.15) is 20.8 Å². The van der Waals surface area contributed by atoms with Crippen LogP contribution in [0.2, 0.25) is 0 Å². The SMILES string of the molecule is CNNC(=O)C(N)C(C)(C)C. The molecule has 0 saturated heterocycles. The molecular formula is C7H17N3O. The van der Waals surface area contributed by atoms with E-state index in [4.69, 9.17) is 5.73 Å². The Morgan fingerprint density at radius 1 is 1.45 bits per heavy atom. The minimum absolute atomic E-state index is 0.181. The summed E-state index contributed by atoms with van der Waals surface area (Å²) in [7, 11) is 1.63. The topological polar surface area (TPSA) is 67.1 Å². The highest BCUT2D eigenvalue weighted by atomic mass is 16.2. The summed E-state index contributed by atoms with van der Waals surface area (Å²) in [6.07, 6.45) is 0. The van der Waals surface area contributed by atoms with E-state index < -0.39 is 6.04 Å². The number of nitrogens with one attached hydrogen (secondary N) is 2. The Hall–Kier alpha value is -0.610. The molecule has 0 fully saturated rings. The summed E-state index contributed by atoms with van der Waals surface area (Å²) in [4.78, 5) is 11.1. The molecule has 4 heteroatoms. The predicted molar refractivity (Wildman–Crippen MR) is 44.6 cm³/mol. The van der Waals surface area contributed by atoms with Gasteiger partial charge in [-0.3, -0.25) is 10.2 Å². The van der Waals surface area contributed by atoms with E-state index in [1.165, 1.54) is 0 Å². The molecule has 0 heterocycles. The Labute approximate surface area is 67.5 Å². The lowest BCUT2D eigenvalue weighted by molar-refractivity contribution is -0.125. The van der Waals surface area contributed by atoms with E-state index in [1.807, 2.05) is 20.8 Å². The Bertz CT molecular complexity index is 139. The maximum Gasteiger partial charge on any atom is 0.251 e. The van der Waals surface area contributed by atoms with Gasteiger partial charge in [-0.15, -0.1) is 0 Å². The lowest BCUT2D eigenvalue weighted by Gasteiger charge is -2.25. The van der Waals surface area contributed by atoms with Crippen molar-refractivity contribution >= 4 is 5.91 Å². The maximum absolute atomic E-state index is 11.1. The molecule has 0 aliphatic heterocycles. The van der Waals surface area contributed by atoms with E-state index in [1.54, 1.807) is 7.05 Å². The summed E-state index contributed by atoms with van der Waals surface area (Å²) in [5, 5.41) is 0. The van der Waals surface area contributed by atoms with Crippen LogP contribution in [0.25, 0.3) is 0 Å². The quantitative estimate of drug-likeness (QED) is 0.481. The molecule has 0 rings (SSSR count). The third-order valence-electron chi connectivity index (χ3n) is 1.46. The number of carbonyl (C=O) groups excluding carboxylic acids is 1. The zero-order valence-electron chi connectivity index (χ0n) is 7.56. The average molecular weight is 159 g/mol. The summed E-state index contributed by atoms with van der Waals surface area (Å²) in [6.45, 7) is 5.77. The van der Waals surface area contributed by atoms with Gasteiger partial charge in [0.05, 0.1) is 6.04 Å². The molecule has 1 amide bonds. The first-order valence-electron chi connectivity index (χ1n) is 3.61. The first-order chi connectivity index (χ1) is 4.89. The predicted octanol–water partition coefficient (Wildman–Crippen LogP) is -0.390. The van der Waals surface area contributed by atoms with E-state index in [9.17, 15) is 4.79 Å². The van der Waals surface area contributed by atoms with Gasteiger partial charge >= 0.3 is 0 Å². The number of hydrazine groups is 1. The highest BCUT2D eigenvalue weighted by Crippen LogP contribution is 2.16. The second-order valence-corrected chi connectivity index (χ2v) is 3.58. The Balaban J connectivity index is 4.03. The van der Waals surface area contributed by atoms with E-state index in [2.05, 4.69) is 10.9 Å². The largest absolute Gasteiger partial charge is 0.319 e. The Morgan fingerprint density at radius 3 is 2.18 bits per heavy atom. The van der Waals surface area contributed by atoms with E-state index in [-0.39, 0.29) is 11.3 Å². The van der Waals surface area contributed by atoms with E-state index >= 15 is 0 Å². The van der Waals surface area contributed by atoms with Crippen LogP contribution in [0.15, 0.2) is 0 Å². The molecular weight excluding hydrogens is 142 g/mol. The van der Waals surface area contributed by atoms with Gasteiger partial charge in [-0.05, 0) is 5.41 Å². The molecule has 0 bridgehead atoms. The van der Waals surface area contributed by atoms with Gasteiger partial charge in [-0.2, -0.15) is 0 Å². The van der Waals surface area contributed by atoms with Crippen LogP contribution in [-0.4, -0.2) is 19.0 Å². The number of hydrogen-bond donors (Lipinski definition) is 3. The molecule has 0 radical (unpaired) electrons. The molecule has 0 aliphatic rings. The first kappa shape index (κ1) is 10.4. The summed E-state index contributed by atoms with van der Waals surface area (Å²) >= 11 is 0. The lowest BCUT2D eigenvalue weighted by atomic mass is 9.87. The smallest absolute Gasteiger partial charge is 0.251 e. The third kappa shape index (κ3) is 3.34. The molecule has 0 spiro atoms. The van der Waals surface area contributed by atoms with Gasteiger partial charge in [0, 0.05) is 7.05 Å². The average Bonchev–Trinajstić information content (AvgIpc) is 1.85. The fourth-order valence-corrected chi connectivity index (χ4v) is 0.594. The molecule has 11 heavy (non-hydrogen) atoms. The fraction of sp³-hybridized carbons (Fsp3) is 0.857. The maximum atomic E-state index is 11.1. The van der Waals surface area contributed by atoms with Crippen molar-refractivity contribution in [2.75, 3.05) is 7.05 Å². The molecule has 0 saturated carbocycles. The van der Waals surface area contributed by atoms with Crippen LogP contribution in [-0.2, 0) is 4.79 Å². The lowest BCUT2D eigenvalue weighted by Crippen LogP contribution is -2.51. The van der Waals surface area contributed by atoms with Gasteiger partial charge in [0.1, 0.15) is 0 Å². The van der Waals surface area contributed by atoms with Crippen molar-refractivity contribution in [1.29, 1.82) is 0 Å². The second-order valence-electron chi connectivity index (χ2n) is 3.58. The molecule has 66 valence electrons. The minimum Gasteiger partial charge on any atom is -0.319 e. The van der Waals surface area contributed by atoms with Gasteiger partial charge in [-0.25, -0.2) is 5.43 Å². The van der Waals surface area contributed by atoms with Crippen molar-refractivity contribution in [3.8, 4) is 0 Å². The van der Waals surface area contributed by atoms with Crippen molar-refractivity contribution in [2.24, 2.45) is 11.1 Å². The molecule has 0 aromatic heterocycles. The van der Waals surface area contributed by atoms with Crippen LogP contribution in [0.4, 0.5) is 0 Å². The summed E-state index contributed by atoms with van der Waals surface area (Å²) in [5.41, 5.74) is 10.4. The molecule has 4 N–H and O–H groups in total. The number of nitrogens with two attached hydrogens (primary N) is 1. The fourth-order valence-electron chi connectivity index (χ4n) is 0.594. The molecule has 0 aliphatic carbocycles. The summed E-state index contributed by atoms with van der Waals surface area (Å²) in [5.74, 6) is -0.181. The van der Waals surface area contributed by atoms with Gasteiger partial charge in [0.2, 0.25) is 0 Å². The number of rotatable bonds is 2. The van der Waals surface area contributed by atoms with Gasteiger partial charge in [0.15, 0.2) is 0 Å². The van der Waals surface area contributed by atoms with Crippen LogP contribution in [0.5, 0.6) is 0 Å².